The molecule has 25 heavy (non-hydrogen) atoms. The summed E-state index contributed by atoms with van der Waals surface area (Å²) in [7, 11) is 3.13. The molecular formula is C17H19N5O3. The third-order valence-corrected chi connectivity index (χ3v) is 3.96. The van der Waals surface area contributed by atoms with Crippen LogP contribution in [0.1, 0.15) is 33.5 Å². The van der Waals surface area contributed by atoms with Crippen LogP contribution in [-0.4, -0.2) is 38.3 Å². The van der Waals surface area contributed by atoms with Crippen LogP contribution in [0.15, 0.2) is 24.3 Å². The SMILES string of the molecule is CCn1nc(C)cc1C(=O)Nc1nc2cc(C(=O)OC)ccc2n1C. The first-order chi connectivity index (χ1) is 11.9. The van der Waals surface area contributed by atoms with Crippen molar-refractivity contribution in [1.82, 2.24) is 19.3 Å². The van der Waals surface area contributed by atoms with Crippen molar-refractivity contribution in [1.29, 1.82) is 0 Å². The second kappa shape index (κ2) is 6.39. The standard InChI is InChI=1S/C17H19N5O3/c1-5-22-14(8-10(2)20-22)15(23)19-17-18-12-9-11(16(24)25-4)6-7-13(12)21(17)3/h6-9H,5H2,1-4H3,(H,18,19,23). The summed E-state index contributed by atoms with van der Waals surface area (Å²) in [5.74, 6) is -0.321. The van der Waals surface area contributed by atoms with Gasteiger partial charge in [-0.05, 0) is 38.1 Å². The molecular weight excluding hydrogens is 322 g/mol. The Balaban J connectivity index is 1.94. The largest absolute Gasteiger partial charge is 0.465 e. The van der Waals surface area contributed by atoms with Crippen molar-refractivity contribution in [2.75, 3.05) is 12.4 Å². The number of nitrogens with zero attached hydrogens (tertiary/aromatic N) is 4. The molecule has 8 heteroatoms. The molecule has 1 aromatic carbocycles. The maximum Gasteiger partial charge on any atom is 0.337 e. The lowest BCUT2D eigenvalue weighted by molar-refractivity contribution is 0.0600. The van der Waals surface area contributed by atoms with Crippen LogP contribution in [0.3, 0.4) is 0 Å². The number of hydrogen-bond acceptors (Lipinski definition) is 5. The van der Waals surface area contributed by atoms with Crippen LogP contribution in [0.25, 0.3) is 11.0 Å². The molecule has 0 radical (unpaired) electrons. The molecule has 0 spiro atoms. The Hall–Kier alpha value is -3.16. The van der Waals surface area contributed by atoms with Gasteiger partial charge in [-0.15, -0.1) is 0 Å². The van der Waals surface area contributed by atoms with Crippen LogP contribution in [0.2, 0.25) is 0 Å². The Bertz CT molecular complexity index is 970. The molecule has 1 amide bonds. The van der Waals surface area contributed by atoms with Crippen molar-refractivity contribution < 1.29 is 14.3 Å². The summed E-state index contributed by atoms with van der Waals surface area (Å²) < 4.78 is 8.12. The summed E-state index contributed by atoms with van der Waals surface area (Å²) in [6.45, 7) is 4.36. The van der Waals surface area contributed by atoms with Crippen molar-refractivity contribution in [2.24, 2.45) is 7.05 Å². The fraction of sp³-hybridized carbons (Fsp3) is 0.294. The van der Waals surface area contributed by atoms with E-state index in [1.165, 1.54) is 7.11 Å². The van der Waals surface area contributed by atoms with E-state index >= 15 is 0 Å². The summed E-state index contributed by atoms with van der Waals surface area (Å²) in [6, 6.07) is 6.80. The zero-order valence-corrected chi connectivity index (χ0v) is 14.5. The predicted molar refractivity (Wildman–Crippen MR) is 92.6 cm³/mol. The number of imidazole rings is 1. The number of carbonyl (C=O) groups excluding carboxylic acids is 2. The first-order valence-corrected chi connectivity index (χ1v) is 7.85. The number of aryl methyl sites for hydroxylation is 3. The van der Waals surface area contributed by atoms with Crippen molar-refractivity contribution in [3.05, 3.63) is 41.2 Å². The average molecular weight is 341 g/mol. The van der Waals surface area contributed by atoms with Crippen LogP contribution in [0.5, 0.6) is 0 Å². The van der Waals surface area contributed by atoms with E-state index in [-0.39, 0.29) is 5.91 Å². The van der Waals surface area contributed by atoms with Gasteiger partial charge >= 0.3 is 5.97 Å². The molecule has 0 bridgehead atoms. The maximum atomic E-state index is 12.6. The second-order valence-electron chi connectivity index (χ2n) is 5.63. The summed E-state index contributed by atoms with van der Waals surface area (Å²) >= 11 is 0. The van der Waals surface area contributed by atoms with Crippen LogP contribution in [0.4, 0.5) is 5.95 Å². The molecule has 0 aliphatic rings. The highest BCUT2D eigenvalue weighted by Crippen LogP contribution is 2.20. The number of esters is 1. The third kappa shape index (κ3) is 2.98. The molecule has 0 atom stereocenters. The molecule has 0 unspecified atom stereocenters. The van der Waals surface area contributed by atoms with Gasteiger partial charge in [0.1, 0.15) is 5.69 Å². The number of carbonyl (C=O) groups is 2. The molecule has 0 aliphatic carbocycles. The number of rotatable bonds is 4. The quantitative estimate of drug-likeness (QED) is 0.734. The monoisotopic (exact) mass is 341 g/mol. The maximum absolute atomic E-state index is 12.6. The van der Waals surface area contributed by atoms with Gasteiger partial charge in [0.15, 0.2) is 0 Å². The zero-order valence-electron chi connectivity index (χ0n) is 14.5. The van der Waals surface area contributed by atoms with E-state index in [4.69, 9.17) is 4.74 Å². The van der Waals surface area contributed by atoms with E-state index in [9.17, 15) is 9.59 Å². The molecule has 3 aromatic rings. The predicted octanol–water partition coefficient (Wildman–Crippen LogP) is 2.14. The van der Waals surface area contributed by atoms with Gasteiger partial charge in [0.2, 0.25) is 5.95 Å². The zero-order chi connectivity index (χ0) is 18.1. The molecule has 1 N–H and O–H groups in total. The Morgan fingerprint density at radius 1 is 1.28 bits per heavy atom. The number of anilines is 1. The molecule has 0 saturated heterocycles. The first kappa shape index (κ1) is 16.7. The van der Waals surface area contributed by atoms with Crippen molar-refractivity contribution in [2.45, 2.75) is 20.4 Å². The lowest BCUT2D eigenvalue weighted by Gasteiger charge is -2.06. The topological polar surface area (TPSA) is 91.0 Å². The summed E-state index contributed by atoms with van der Waals surface area (Å²) in [6.07, 6.45) is 0. The van der Waals surface area contributed by atoms with Gasteiger partial charge < -0.3 is 9.30 Å². The average Bonchev–Trinajstić information content (AvgIpc) is 3.14. The molecule has 0 saturated carbocycles. The molecule has 3 rings (SSSR count). The summed E-state index contributed by atoms with van der Waals surface area (Å²) in [5.41, 5.74) is 3.05. The minimum atomic E-state index is -0.430. The van der Waals surface area contributed by atoms with E-state index in [0.29, 0.717) is 29.3 Å². The highest BCUT2D eigenvalue weighted by Gasteiger charge is 2.17. The fourth-order valence-corrected chi connectivity index (χ4v) is 2.69. The Kier molecular flexibility index (Phi) is 4.26. The van der Waals surface area contributed by atoms with Gasteiger partial charge in [0, 0.05) is 13.6 Å². The highest BCUT2D eigenvalue weighted by molar-refractivity contribution is 6.03. The van der Waals surface area contributed by atoms with Crippen molar-refractivity contribution >= 4 is 28.9 Å². The van der Waals surface area contributed by atoms with Gasteiger partial charge in [-0.1, -0.05) is 0 Å². The number of hydrogen-bond donors (Lipinski definition) is 1. The molecule has 0 fully saturated rings. The number of ether oxygens (including phenoxy) is 1. The van der Waals surface area contributed by atoms with E-state index in [1.54, 1.807) is 40.6 Å². The van der Waals surface area contributed by atoms with Gasteiger partial charge in [-0.2, -0.15) is 5.10 Å². The number of methoxy groups -OCH3 is 1. The lowest BCUT2D eigenvalue weighted by atomic mass is 10.2. The van der Waals surface area contributed by atoms with Gasteiger partial charge in [0.05, 0.1) is 29.4 Å². The van der Waals surface area contributed by atoms with Crippen LogP contribution < -0.4 is 5.32 Å². The fourth-order valence-electron chi connectivity index (χ4n) is 2.69. The number of benzene rings is 1. The molecule has 130 valence electrons. The van der Waals surface area contributed by atoms with E-state index < -0.39 is 5.97 Å². The summed E-state index contributed by atoms with van der Waals surface area (Å²) in [5, 5.41) is 7.08. The smallest absolute Gasteiger partial charge is 0.337 e. The number of amides is 1. The molecule has 8 nitrogen and oxygen atoms in total. The van der Waals surface area contributed by atoms with Crippen LogP contribution in [0, 0.1) is 6.92 Å². The number of fused-ring (bicyclic) bond motifs is 1. The Morgan fingerprint density at radius 3 is 2.72 bits per heavy atom. The van der Waals surface area contributed by atoms with E-state index in [2.05, 4.69) is 15.4 Å². The van der Waals surface area contributed by atoms with Crippen molar-refractivity contribution in [3.63, 3.8) is 0 Å². The van der Waals surface area contributed by atoms with Crippen molar-refractivity contribution in [3.8, 4) is 0 Å². The minimum absolute atomic E-state index is 0.283. The van der Waals surface area contributed by atoms with Gasteiger partial charge in [-0.25, -0.2) is 9.78 Å². The highest BCUT2D eigenvalue weighted by atomic mass is 16.5. The first-order valence-electron chi connectivity index (χ1n) is 7.85. The van der Waals surface area contributed by atoms with Crippen LogP contribution in [-0.2, 0) is 18.3 Å². The number of aromatic nitrogens is 4. The Labute approximate surface area is 144 Å². The lowest BCUT2D eigenvalue weighted by Crippen LogP contribution is -2.19. The second-order valence-corrected chi connectivity index (χ2v) is 5.63. The van der Waals surface area contributed by atoms with Gasteiger partial charge in [-0.3, -0.25) is 14.8 Å². The van der Waals surface area contributed by atoms with Gasteiger partial charge in [0.25, 0.3) is 5.91 Å². The minimum Gasteiger partial charge on any atom is -0.465 e. The molecule has 0 aliphatic heterocycles. The Morgan fingerprint density at radius 2 is 2.04 bits per heavy atom. The van der Waals surface area contributed by atoms with E-state index in [0.717, 1.165) is 11.2 Å². The number of nitrogens with one attached hydrogen (secondary N) is 1. The normalized spacial score (nSPS) is 10.9. The third-order valence-electron chi connectivity index (χ3n) is 3.96. The molecule has 2 aromatic heterocycles. The van der Waals surface area contributed by atoms with Crippen LogP contribution >= 0.6 is 0 Å². The summed E-state index contributed by atoms with van der Waals surface area (Å²) in [4.78, 5) is 28.6. The van der Waals surface area contributed by atoms with E-state index in [1.807, 2.05) is 13.8 Å². The molecule has 2 heterocycles.